The van der Waals surface area contributed by atoms with Crippen molar-refractivity contribution in [1.29, 1.82) is 5.26 Å². The van der Waals surface area contributed by atoms with Crippen molar-refractivity contribution >= 4 is 17.8 Å². The predicted molar refractivity (Wildman–Crippen MR) is 73.8 cm³/mol. The van der Waals surface area contributed by atoms with Crippen molar-refractivity contribution in [2.24, 2.45) is 0 Å². The maximum absolute atomic E-state index is 13.2. The standard InChI is InChI=1S/C15H10F2N2O4/c1-7-12(15(21)22-2)9(6-18)14(23-7)19-13(20)8-3-4-10(16)11(17)5-8/h3-5H,1-2H3,(H,19,20). The molecule has 8 heteroatoms. The van der Waals surface area contributed by atoms with Gasteiger partial charge in [-0.15, -0.1) is 0 Å². The van der Waals surface area contributed by atoms with Gasteiger partial charge in [0.2, 0.25) is 5.88 Å². The molecule has 1 heterocycles. The molecule has 2 aromatic rings. The van der Waals surface area contributed by atoms with Crippen LogP contribution in [0.1, 0.15) is 32.0 Å². The Morgan fingerprint density at radius 2 is 2.00 bits per heavy atom. The number of nitrogens with zero attached hydrogens (tertiary/aromatic N) is 1. The molecule has 0 saturated heterocycles. The van der Waals surface area contributed by atoms with Gasteiger partial charge in [0.05, 0.1) is 7.11 Å². The van der Waals surface area contributed by atoms with E-state index < -0.39 is 23.5 Å². The molecule has 0 bridgehead atoms. The molecule has 0 atom stereocenters. The molecule has 0 fully saturated rings. The minimum atomic E-state index is -1.19. The van der Waals surface area contributed by atoms with Gasteiger partial charge in [0.25, 0.3) is 5.91 Å². The van der Waals surface area contributed by atoms with Gasteiger partial charge in [0.15, 0.2) is 11.6 Å². The number of halogens is 2. The average Bonchev–Trinajstić information content (AvgIpc) is 2.84. The molecule has 1 aromatic heterocycles. The number of benzene rings is 1. The van der Waals surface area contributed by atoms with Crippen LogP contribution in [0.3, 0.4) is 0 Å². The van der Waals surface area contributed by atoms with Crippen LogP contribution < -0.4 is 5.32 Å². The number of nitriles is 1. The lowest BCUT2D eigenvalue weighted by molar-refractivity contribution is 0.0598. The molecule has 0 saturated carbocycles. The number of hydrogen-bond donors (Lipinski definition) is 1. The summed E-state index contributed by atoms with van der Waals surface area (Å²) in [5.74, 6) is -4.11. The Morgan fingerprint density at radius 3 is 2.57 bits per heavy atom. The topological polar surface area (TPSA) is 92.3 Å². The smallest absolute Gasteiger partial charge is 0.342 e. The number of carbonyl (C=O) groups excluding carboxylic acids is 2. The zero-order valence-electron chi connectivity index (χ0n) is 12.1. The summed E-state index contributed by atoms with van der Waals surface area (Å²) in [6, 6.07) is 4.30. The van der Waals surface area contributed by atoms with E-state index in [-0.39, 0.29) is 28.3 Å². The average molecular weight is 320 g/mol. The minimum Gasteiger partial charge on any atom is -0.465 e. The van der Waals surface area contributed by atoms with Gasteiger partial charge in [-0.3, -0.25) is 10.1 Å². The van der Waals surface area contributed by atoms with E-state index in [9.17, 15) is 18.4 Å². The molecular formula is C15H10F2N2O4. The molecule has 118 valence electrons. The van der Waals surface area contributed by atoms with Crippen molar-refractivity contribution in [1.82, 2.24) is 0 Å². The summed E-state index contributed by atoms with van der Waals surface area (Å²) in [4.78, 5) is 23.6. The van der Waals surface area contributed by atoms with Crippen molar-refractivity contribution in [3.05, 3.63) is 52.3 Å². The number of anilines is 1. The third kappa shape index (κ3) is 3.03. The number of rotatable bonds is 3. The maximum atomic E-state index is 13.2. The Morgan fingerprint density at radius 1 is 1.30 bits per heavy atom. The van der Waals surface area contributed by atoms with Crippen LogP contribution in [-0.4, -0.2) is 19.0 Å². The highest BCUT2D eigenvalue weighted by Gasteiger charge is 2.25. The van der Waals surface area contributed by atoms with Gasteiger partial charge in [0.1, 0.15) is 23.0 Å². The van der Waals surface area contributed by atoms with E-state index in [1.165, 1.54) is 6.92 Å². The normalized spacial score (nSPS) is 10.0. The number of esters is 1. The van der Waals surface area contributed by atoms with Gasteiger partial charge in [-0.25, -0.2) is 13.6 Å². The van der Waals surface area contributed by atoms with Crippen molar-refractivity contribution < 1.29 is 27.5 Å². The Kier molecular flexibility index (Phi) is 4.41. The van der Waals surface area contributed by atoms with E-state index in [0.29, 0.717) is 6.07 Å². The summed E-state index contributed by atoms with van der Waals surface area (Å²) in [6.07, 6.45) is 0. The molecule has 2 rings (SSSR count). The molecule has 1 aromatic carbocycles. The van der Waals surface area contributed by atoms with E-state index in [0.717, 1.165) is 19.2 Å². The highest BCUT2D eigenvalue weighted by Crippen LogP contribution is 2.27. The van der Waals surface area contributed by atoms with Crippen LogP contribution in [0, 0.1) is 29.9 Å². The predicted octanol–water partition coefficient (Wildman–Crippen LogP) is 2.78. The second kappa shape index (κ2) is 6.27. The Bertz CT molecular complexity index is 837. The van der Waals surface area contributed by atoms with Gasteiger partial charge in [-0.1, -0.05) is 0 Å². The number of nitrogens with one attached hydrogen (secondary N) is 1. The van der Waals surface area contributed by atoms with Crippen molar-refractivity contribution in [2.75, 3.05) is 12.4 Å². The zero-order chi connectivity index (χ0) is 17.1. The number of amides is 1. The second-order valence-electron chi connectivity index (χ2n) is 4.42. The lowest BCUT2D eigenvalue weighted by Gasteiger charge is -2.03. The molecule has 1 N–H and O–H groups in total. The summed E-state index contributed by atoms with van der Waals surface area (Å²) in [7, 11) is 1.13. The lowest BCUT2D eigenvalue weighted by atomic mass is 10.1. The van der Waals surface area contributed by atoms with Crippen molar-refractivity contribution in [3.63, 3.8) is 0 Å². The number of furan rings is 1. The van der Waals surface area contributed by atoms with Gasteiger partial charge < -0.3 is 9.15 Å². The molecule has 23 heavy (non-hydrogen) atoms. The van der Waals surface area contributed by atoms with Crippen molar-refractivity contribution in [3.8, 4) is 6.07 Å². The first kappa shape index (κ1) is 16.2. The summed E-state index contributed by atoms with van der Waals surface area (Å²) in [5.41, 5.74) is -0.512. The Balaban J connectivity index is 2.37. The quantitative estimate of drug-likeness (QED) is 0.878. The van der Waals surface area contributed by atoms with E-state index in [2.05, 4.69) is 10.1 Å². The van der Waals surface area contributed by atoms with Crippen LogP contribution in [0.5, 0.6) is 0 Å². The summed E-state index contributed by atoms with van der Waals surface area (Å²) < 4.78 is 35.7. The first-order valence-electron chi connectivity index (χ1n) is 6.27. The summed E-state index contributed by atoms with van der Waals surface area (Å²) in [6.45, 7) is 1.42. The van der Waals surface area contributed by atoms with Gasteiger partial charge in [-0.05, 0) is 25.1 Å². The van der Waals surface area contributed by atoms with Crippen LogP contribution in [0.4, 0.5) is 14.7 Å². The molecule has 0 radical (unpaired) electrons. The van der Waals surface area contributed by atoms with Crippen LogP contribution in [0.25, 0.3) is 0 Å². The number of carbonyl (C=O) groups is 2. The number of aryl methyl sites for hydroxylation is 1. The lowest BCUT2D eigenvalue weighted by Crippen LogP contribution is -2.13. The molecule has 0 aliphatic carbocycles. The van der Waals surface area contributed by atoms with Crippen LogP contribution in [0.2, 0.25) is 0 Å². The fourth-order valence-electron chi connectivity index (χ4n) is 1.90. The molecular weight excluding hydrogens is 310 g/mol. The minimum absolute atomic E-state index is 0.0778. The van der Waals surface area contributed by atoms with E-state index >= 15 is 0 Å². The Hall–Kier alpha value is -3.21. The van der Waals surface area contributed by atoms with Gasteiger partial charge in [0, 0.05) is 5.56 Å². The van der Waals surface area contributed by atoms with Crippen molar-refractivity contribution in [2.45, 2.75) is 6.92 Å². The van der Waals surface area contributed by atoms with Gasteiger partial charge in [-0.2, -0.15) is 5.26 Å². The van der Waals surface area contributed by atoms with Crippen LogP contribution >= 0.6 is 0 Å². The number of ether oxygens (including phenoxy) is 1. The molecule has 6 nitrogen and oxygen atoms in total. The first-order chi connectivity index (χ1) is 10.9. The number of hydrogen-bond acceptors (Lipinski definition) is 5. The number of methoxy groups -OCH3 is 1. The SMILES string of the molecule is COC(=O)c1c(C)oc(NC(=O)c2ccc(F)c(F)c2)c1C#N. The maximum Gasteiger partial charge on any atom is 0.342 e. The van der Waals surface area contributed by atoms with E-state index in [1.807, 2.05) is 0 Å². The van der Waals surface area contributed by atoms with E-state index in [1.54, 1.807) is 6.07 Å². The highest BCUT2D eigenvalue weighted by molar-refractivity contribution is 6.05. The molecule has 1 amide bonds. The third-order valence-electron chi connectivity index (χ3n) is 2.99. The second-order valence-corrected chi connectivity index (χ2v) is 4.42. The highest BCUT2D eigenvalue weighted by atomic mass is 19.2. The third-order valence-corrected chi connectivity index (χ3v) is 2.99. The monoisotopic (exact) mass is 320 g/mol. The molecule has 0 spiro atoms. The van der Waals surface area contributed by atoms with Crippen LogP contribution in [0.15, 0.2) is 22.6 Å². The summed E-state index contributed by atoms with van der Waals surface area (Å²) >= 11 is 0. The largest absolute Gasteiger partial charge is 0.465 e. The Labute approximate surface area is 129 Å². The molecule has 0 aliphatic rings. The molecule has 0 unspecified atom stereocenters. The zero-order valence-corrected chi connectivity index (χ0v) is 12.1. The molecule has 0 aliphatic heterocycles. The first-order valence-corrected chi connectivity index (χ1v) is 6.27. The van der Waals surface area contributed by atoms with Crippen LogP contribution in [-0.2, 0) is 4.74 Å². The summed E-state index contributed by atoms with van der Waals surface area (Å²) in [5, 5.41) is 11.4. The fraction of sp³-hybridized carbons (Fsp3) is 0.133. The van der Waals surface area contributed by atoms with Gasteiger partial charge >= 0.3 is 5.97 Å². The fourth-order valence-corrected chi connectivity index (χ4v) is 1.90. The van der Waals surface area contributed by atoms with E-state index in [4.69, 9.17) is 9.68 Å².